The molecule has 0 saturated carbocycles. The van der Waals surface area contributed by atoms with Gasteiger partial charge < -0.3 is 5.32 Å². The number of fused-ring (bicyclic) bond motifs is 1. The van der Waals surface area contributed by atoms with Crippen molar-refractivity contribution in [1.29, 1.82) is 0 Å². The zero-order chi connectivity index (χ0) is 15.1. The molecule has 2 N–H and O–H groups in total. The minimum Gasteiger partial charge on any atom is -0.308 e. The van der Waals surface area contributed by atoms with Gasteiger partial charge in [0, 0.05) is 21.3 Å². The maximum Gasteiger partial charge on any atom is 0.238 e. The molecule has 21 heavy (non-hydrogen) atoms. The quantitative estimate of drug-likeness (QED) is 0.817. The first kappa shape index (κ1) is 14.8. The van der Waals surface area contributed by atoms with E-state index in [-0.39, 0.29) is 16.4 Å². The fourth-order valence-corrected chi connectivity index (χ4v) is 4.30. The fourth-order valence-electron chi connectivity index (χ4n) is 2.35. The fraction of sp³-hybridized carbons (Fsp3) is 0.286. The molecular weight excluding hydrogens is 329 g/mol. The number of anilines is 1. The molecule has 0 bridgehead atoms. The van der Waals surface area contributed by atoms with E-state index in [9.17, 15) is 4.79 Å². The van der Waals surface area contributed by atoms with Gasteiger partial charge in [-0.15, -0.1) is 11.8 Å². The zero-order valence-electron chi connectivity index (χ0n) is 11.4. The molecule has 2 heterocycles. The number of aryl methyl sites for hydroxylation is 1. The highest BCUT2D eigenvalue weighted by Gasteiger charge is 2.33. The van der Waals surface area contributed by atoms with E-state index in [0.717, 1.165) is 16.8 Å². The molecule has 2 aromatic rings. The number of amides is 1. The Morgan fingerprint density at radius 2 is 2.10 bits per heavy atom. The lowest BCUT2D eigenvalue weighted by Crippen LogP contribution is -2.21. The smallest absolute Gasteiger partial charge is 0.238 e. The second kappa shape index (κ2) is 5.55. The van der Waals surface area contributed by atoms with Crippen LogP contribution in [0.3, 0.4) is 0 Å². The summed E-state index contributed by atoms with van der Waals surface area (Å²) in [7, 11) is 0. The average Bonchev–Trinajstić information content (AvgIpc) is 2.71. The number of benzene rings is 1. The average molecular weight is 342 g/mol. The van der Waals surface area contributed by atoms with Gasteiger partial charge in [-0.3, -0.25) is 9.89 Å². The number of aromatic nitrogens is 2. The number of carbonyl (C=O) groups excluding carboxylic acids is 1. The second-order valence-corrected chi connectivity index (χ2v) is 7.22. The monoisotopic (exact) mass is 341 g/mol. The maximum absolute atomic E-state index is 12.1. The first-order chi connectivity index (χ1) is 9.97. The van der Waals surface area contributed by atoms with E-state index < -0.39 is 0 Å². The minimum absolute atomic E-state index is 0.0552. The van der Waals surface area contributed by atoms with Gasteiger partial charge in [0.05, 0.1) is 10.5 Å². The van der Waals surface area contributed by atoms with Crippen molar-refractivity contribution in [3.8, 4) is 0 Å². The third-order valence-electron chi connectivity index (χ3n) is 3.45. The van der Waals surface area contributed by atoms with Crippen LogP contribution in [0, 0.1) is 6.92 Å². The Balaban J connectivity index is 2.15. The van der Waals surface area contributed by atoms with Crippen molar-refractivity contribution in [2.24, 2.45) is 0 Å². The van der Waals surface area contributed by atoms with Crippen molar-refractivity contribution in [2.75, 3.05) is 5.32 Å². The van der Waals surface area contributed by atoms with E-state index >= 15 is 0 Å². The van der Waals surface area contributed by atoms with Gasteiger partial charge in [0.25, 0.3) is 0 Å². The minimum atomic E-state index is -0.199. The molecule has 1 aliphatic heterocycles. The molecule has 0 fully saturated rings. The number of thioether (sulfide) groups is 1. The molecule has 2 atom stereocenters. The summed E-state index contributed by atoms with van der Waals surface area (Å²) in [4.78, 5) is 12.1. The topological polar surface area (TPSA) is 57.8 Å². The lowest BCUT2D eigenvalue weighted by atomic mass is 10.0. The largest absolute Gasteiger partial charge is 0.308 e. The number of H-pyrrole nitrogens is 1. The van der Waals surface area contributed by atoms with Crippen molar-refractivity contribution in [1.82, 2.24) is 10.2 Å². The number of halogens is 2. The molecule has 4 nitrogen and oxygen atoms in total. The summed E-state index contributed by atoms with van der Waals surface area (Å²) >= 11 is 13.9. The Morgan fingerprint density at radius 3 is 2.81 bits per heavy atom. The molecule has 0 spiro atoms. The molecule has 1 amide bonds. The third kappa shape index (κ3) is 2.65. The van der Waals surface area contributed by atoms with Crippen LogP contribution in [-0.2, 0) is 4.79 Å². The van der Waals surface area contributed by atoms with Gasteiger partial charge in [0.15, 0.2) is 5.82 Å². The second-order valence-electron chi connectivity index (χ2n) is 4.92. The Labute approximate surface area is 136 Å². The standard InChI is InChI=1S/C14H13Cl2N3OS/c1-6-11-12(9-4-3-8(15)5-10(9)16)21-7(2)14(20)17-13(11)19-18-6/h3-5,7,12H,1-2H3,(H2,17,18,19,20)/t7-,12-/m0/s1. The van der Waals surface area contributed by atoms with E-state index in [0.29, 0.717) is 15.9 Å². The van der Waals surface area contributed by atoms with Crippen molar-refractivity contribution in [3.63, 3.8) is 0 Å². The lowest BCUT2D eigenvalue weighted by molar-refractivity contribution is -0.115. The number of hydrogen-bond acceptors (Lipinski definition) is 3. The van der Waals surface area contributed by atoms with Gasteiger partial charge in [-0.05, 0) is 31.5 Å². The summed E-state index contributed by atoms with van der Waals surface area (Å²) in [6.07, 6.45) is 0. The summed E-state index contributed by atoms with van der Waals surface area (Å²) in [5, 5.41) is 10.9. The predicted octanol–water partition coefficient (Wildman–Crippen LogP) is 4.19. The van der Waals surface area contributed by atoms with Crippen LogP contribution < -0.4 is 5.32 Å². The molecule has 1 aromatic heterocycles. The van der Waals surface area contributed by atoms with E-state index in [1.165, 1.54) is 0 Å². The Hall–Kier alpha value is -1.17. The third-order valence-corrected chi connectivity index (χ3v) is 5.40. The molecule has 1 aliphatic rings. The van der Waals surface area contributed by atoms with Crippen LogP contribution in [0.25, 0.3) is 0 Å². The van der Waals surface area contributed by atoms with Crippen LogP contribution in [0.4, 0.5) is 5.82 Å². The molecule has 0 saturated heterocycles. The normalized spacial score (nSPS) is 21.6. The highest BCUT2D eigenvalue weighted by atomic mass is 35.5. The van der Waals surface area contributed by atoms with Gasteiger partial charge in [-0.1, -0.05) is 29.3 Å². The molecule has 0 unspecified atom stereocenters. The van der Waals surface area contributed by atoms with Crippen LogP contribution in [0.2, 0.25) is 10.0 Å². The van der Waals surface area contributed by atoms with Gasteiger partial charge in [-0.2, -0.15) is 5.10 Å². The van der Waals surface area contributed by atoms with E-state index in [2.05, 4.69) is 15.5 Å². The van der Waals surface area contributed by atoms with E-state index in [1.54, 1.807) is 17.8 Å². The van der Waals surface area contributed by atoms with Gasteiger partial charge >= 0.3 is 0 Å². The van der Waals surface area contributed by atoms with Crippen molar-refractivity contribution >= 4 is 46.7 Å². The summed E-state index contributed by atoms with van der Waals surface area (Å²) < 4.78 is 0. The molecular formula is C14H13Cl2N3OS. The van der Waals surface area contributed by atoms with Crippen molar-refractivity contribution in [3.05, 3.63) is 45.1 Å². The van der Waals surface area contributed by atoms with E-state index in [1.807, 2.05) is 26.0 Å². The number of rotatable bonds is 1. The van der Waals surface area contributed by atoms with Gasteiger partial charge in [-0.25, -0.2) is 0 Å². The van der Waals surface area contributed by atoms with Crippen molar-refractivity contribution in [2.45, 2.75) is 24.3 Å². The van der Waals surface area contributed by atoms with Crippen LogP contribution >= 0.6 is 35.0 Å². The Kier molecular flexibility index (Phi) is 3.90. The summed E-state index contributed by atoms with van der Waals surface area (Å²) in [6, 6.07) is 5.43. The summed E-state index contributed by atoms with van der Waals surface area (Å²) in [5.41, 5.74) is 2.81. The molecule has 110 valence electrons. The van der Waals surface area contributed by atoms with Gasteiger partial charge in [0.2, 0.25) is 5.91 Å². The van der Waals surface area contributed by atoms with Crippen LogP contribution in [0.15, 0.2) is 18.2 Å². The highest BCUT2D eigenvalue weighted by Crippen LogP contribution is 2.46. The highest BCUT2D eigenvalue weighted by molar-refractivity contribution is 8.01. The SMILES string of the molecule is Cc1[nH]nc2c1[C@H](c1ccc(Cl)cc1Cl)S[C@@H](C)C(=O)N2. The summed E-state index contributed by atoms with van der Waals surface area (Å²) in [5.74, 6) is 0.519. The predicted molar refractivity (Wildman–Crippen MR) is 87.3 cm³/mol. The van der Waals surface area contributed by atoms with Crippen LogP contribution in [0.5, 0.6) is 0 Å². The van der Waals surface area contributed by atoms with Crippen molar-refractivity contribution < 1.29 is 4.79 Å². The first-order valence-electron chi connectivity index (χ1n) is 6.43. The van der Waals surface area contributed by atoms with Crippen LogP contribution in [-0.4, -0.2) is 21.4 Å². The number of nitrogens with zero attached hydrogens (tertiary/aromatic N) is 1. The Morgan fingerprint density at radius 1 is 1.33 bits per heavy atom. The number of aromatic amines is 1. The number of hydrogen-bond donors (Lipinski definition) is 2. The molecule has 1 aromatic carbocycles. The lowest BCUT2D eigenvalue weighted by Gasteiger charge is -2.19. The zero-order valence-corrected chi connectivity index (χ0v) is 13.7. The molecule has 7 heteroatoms. The van der Waals surface area contributed by atoms with Crippen LogP contribution in [0.1, 0.15) is 29.0 Å². The van der Waals surface area contributed by atoms with E-state index in [4.69, 9.17) is 23.2 Å². The first-order valence-corrected chi connectivity index (χ1v) is 8.13. The Bertz CT molecular complexity index is 716. The summed E-state index contributed by atoms with van der Waals surface area (Å²) in [6.45, 7) is 3.81. The van der Waals surface area contributed by atoms with Gasteiger partial charge in [0.1, 0.15) is 0 Å². The number of carbonyl (C=O) groups is 1. The molecule has 3 rings (SSSR count). The number of nitrogens with one attached hydrogen (secondary N) is 2. The molecule has 0 aliphatic carbocycles. The molecule has 0 radical (unpaired) electrons. The maximum atomic E-state index is 12.1.